The average Bonchev–Trinajstić information content (AvgIpc) is 3.04. The molecule has 5 heteroatoms. The molecule has 1 aliphatic carbocycles. The summed E-state index contributed by atoms with van der Waals surface area (Å²) < 4.78 is 5.76. The second-order valence-corrected chi connectivity index (χ2v) is 8.13. The van der Waals surface area contributed by atoms with Gasteiger partial charge in [0.25, 0.3) is 0 Å². The van der Waals surface area contributed by atoms with Crippen LogP contribution >= 0.6 is 0 Å². The van der Waals surface area contributed by atoms with Crippen molar-refractivity contribution in [1.29, 1.82) is 0 Å². The first-order valence-electron chi connectivity index (χ1n) is 9.34. The Balaban J connectivity index is 1.61. The molecule has 2 saturated heterocycles. The summed E-state index contributed by atoms with van der Waals surface area (Å²) in [5, 5.41) is 0. The minimum atomic E-state index is -0.760. The van der Waals surface area contributed by atoms with Crippen LogP contribution in [0.1, 0.15) is 52.9 Å². The lowest BCUT2D eigenvalue weighted by Gasteiger charge is -2.58. The SMILES string of the molecule is CCOC1CC(N)(C(=O)N2CCC(N3CCCCC3)C2)C1(C)C. The quantitative estimate of drug-likeness (QED) is 0.854. The summed E-state index contributed by atoms with van der Waals surface area (Å²) in [5.74, 6) is 0.137. The lowest BCUT2D eigenvalue weighted by molar-refractivity contribution is -0.178. The summed E-state index contributed by atoms with van der Waals surface area (Å²) in [6.45, 7) is 10.9. The summed E-state index contributed by atoms with van der Waals surface area (Å²) in [4.78, 5) is 17.7. The van der Waals surface area contributed by atoms with E-state index in [9.17, 15) is 4.79 Å². The van der Waals surface area contributed by atoms with Crippen LogP contribution in [0, 0.1) is 5.41 Å². The zero-order chi connectivity index (χ0) is 16.7. The molecule has 3 atom stereocenters. The topological polar surface area (TPSA) is 58.8 Å². The Hall–Kier alpha value is -0.650. The van der Waals surface area contributed by atoms with Gasteiger partial charge in [-0.1, -0.05) is 20.3 Å². The van der Waals surface area contributed by atoms with Crippen molar-refractivity contribution in [3.05, 3.63) is 0 Å². The zero-order valence-corrected chi connectivity index (χ0v) is 15.0. The van der Waals surface area contributed by atoms with E-state index in [0.717, 1.165) is 19.5 Å². The maximum Gasteiger partial charge on any atom is 0.243 e. The van der Waals surface area contributed by atoms with Crippen LogP contribution in [-0.2, 0) is 9.53 Å². The van der Waals surface area contributed by atoms with Crippen LogP contribution in [0.15, 0.2) is 0 Å². The smallest absolute Gasteiger partial charge is 0.243 e. The third-order valence-electron chi connectivity index (χ3n) is 6.57. The number of rotatable bonds is 4. The van der Waals surface area contributed by atoms with E-state index >= 15 is 0 Å². The highest BCUT2D eigenvalue weighted by Gasteiger charge is 2.64. The van der Waals surface area contributed by atoms with Crippen molar-refractivity contribution >= 4 is 5.91 Å². The number of nitrogens with two attached hydrogens (primary N) is 1. The number of nitrogens with zero attached hydrogens (tertiary/aromatic N) is 2. The first-order valence-corrected chi connectivity index (χ1v) is 9.34. The van der Waals surface area contributed by atoms with Gasteiger partial charge < -0.3 is 15.4 Å². The fourth-order valence-corrected chi connectivity index (χ4v) is 4.59. The number of likely N-dealkylation sites (tertiary alicyclic amines) is 2. The molecule has 23 heavy (non-hydrogen) atoms. The highest BCUT2D eigenvalue weighted by molar-refractivity contribution is 5.89. The van der Waals surface area contributed by atoms with Crippen molar-refractivity contribution in [3.63, 3.8) is 0 Å². The first-order chi connectivity index (χ1) is 10.9. The van der Waals surface area contributed by atoms with Gasteiger partial charge in [0, 0.05) is 37.6 Å². The number of piperidine rings is 1. The van der Waals surface area contributed by atoms with E-state index in [1.807, 2.05) is 11.8 Å². The Morgan fingerprint density at radius 1 is 1.22 bits per heavy atom. The van der Waals surface area contributed by atoms with Gasteiger partial charge in [0.1, 0.15) is 5.54 Å². The van der Waals surface area contributed by atoms with Crippen molar-refractivity contribution in [2.45, 2.75) is 70.6 Å². The Labute approximate surface area is 140 Å². The van der Waals surface area contributed by atoms with Gasteiger partial charge in [0.2, 0.25) is 5.91 Å². The van der Waals surface area contributed by atoms with E-state index in [1.54, 1.807) is 0 Å². The largest absolute Gasteiger partial charge is 0.378 e. The fraction of sp³-hybridized carbons (Fsp3) is 0.944. The number of hydrogen-bond acceptors (Lipinski definition) is 4. The Morgan fingerprint density at radius 3 is 2.52 bits per heavy atom. The standard InChI is InChI=1S/C18H33N3O2/c1-4-23-15-12-18(19,17(15,2)3)16(22)21-11-8-14(13-21)20-9-6-5-7-10-20/h14-15H,4-13,19H2,1-3H3. The molecule has 3 unspecified atom stereocenters. The minimum Gasteiger partial charge on any atom is -0.378 e. The summed E-state index contributed by atoms with van der Waals surface area (Å²) in [6.07, 6.45) is 5.80. The van der Waals surface area contributed by atoms with Crippen LogP contribution in [0.25, 0.3) is 0 Å². The number of ether oxygens (including phenoxy) is 1. The molecule has 132 valence electrons. The molecule has 1 saturated carbocycles. The number of carbonyl (C=O) groups is 1. The molecule has 3 rings (SSSR count). The Morgan fingerprint density at radius 2 is 1.91 bits per heavy atom. The van der Waals surface area contributed by atoms with Crippen molar-refractivity contribution in [2.75, 3.05) is 32.8 Å². The molecule has 3 aliphatic rings. The summed E-state index contributed by atoms with van der Waals surface area (Å²) >= 11 is 0. The van der Waals surface area contributed by atoms with Gasteiger partial charge in [-0.2, -0.15) is 0 Å². The van der Waals surface area contributed by atoms with Gasteiger partial charge in [-0.3, -0.25) is 9.69 Å². The molecule has 1 amide bonds. The molecule has 3 fully saturated rings. The third-order valence-corrected chi connectivity index (χ3v) is 6.57. The normalized spacial score (nSPS) is 37.7. The lowest BCUT2D eigenvalue weighted by atomic mass is 9.54. The van der Waals surface area contributed by atoms with Gasteiger partial charge in [0.05, 0.1) is 6.10 Å². The van der Waals surface area contributed by atoms with Crippen molar-refractivity contribution < 1.29 is 9.53 Å². The molecule has 0 bridgehead atoms. The van der Waals surface area contributed by atoms with Crippen LogP contribution in [0.3, 0.4) is 0 Å². The summed E-state index contributed by atoms with van der Waals surface area (Å²) in [7, 11) is 0. The number of amides is 1. The Kier molecular flexibility index (Phi) is 4.73. The van der Waals surface area contributed by atoms with Gasteiger partial charge in [-0.05, 0) is 39.3 Å². The van der Waals surface area contributed by atoms with Gasteiger partial charge in [0.15, 0.2) is 0 Å². The second-order valence-electron chi connectivity index (χ2n) is 8.13. The summed E-state index contributed by atoms with van der Waals surface area (Å²) in [5.41, 5.74) is 5.52. The molecule has 0 spiro atoms. The first kappa shape index (κ1) is 17.2. The van der Waals surface area contributed by atoms with E-state index in [1.165, 1.54) is 32.4 Å². The molecule has 0 radical (unpaired) electrons. The van der Waals surface area contributed by atoms with Gasteiger partial charge >= 0.3 is 0 Å². The van der Waals surface area contributed by atoms with Crippen LogP contribution in [0.5, 0.6) is 0 Å². The third kappa shape index (κ3) is 2.81. The van der Waals surface area contributed by atoms with Crippen LogP contribution in [0.4, 0.5) is 0 Å². The predicted molar refractivity (Wildman–Crippen MR) is 91.1 cm³/mol. The molecule has 2 heterocycles. The van der Waals surface area contributed by atoms with Crippen molar-refractivity contribution in [1.82, 2.24) is 9.80 Å². The second kappa shape index (κ2) is 6.34. The van der Waals surface area contributed by atoms with Crippen molar-refractivity contribution in [3.8, 4) is 0 Å². The minimum absolute atomic E-state index is 0.0990. The highest BCUT2D eigenvalue weighted by Crippen LogP contribution is 2.50. The highest BCUT2D eigenvalue weighted by atomic mass is 16.5. The molecule has 2 N–H and O–H groups in total. The monoisotopic (exact) mass is 323 g/mol. The molecule has 2 aliphatic heterocycles. The van der Waals surface area contributed by atoms with Crippen LogP contribution in [-0.4, -0.2) is 66.2 Å². The Bertz CT molecular complexity index is 448. The molecule has 5 nitrogen and oxygen atoms in total. The predicted octanol–water partition coefficient (Wildman–Crippen LogP) is 1.61. The van der Waals surface area contributed by atoms with Gasteiger partial charge in [-0.15, -0.1) is 0 Å². The number of carbonyl (C=O) groups excluding carboxylic acids is 1. The van der Waals surface area contributed by atoms with Crippen LogP contribution in [0.2, 0.25) is 0 Å². The van der Waals surface area contributed by atoms with Gasteiger partial charge in [-0.25, -0.2) is 0 Å². The van der Waals surface area contributed by atoms with E-state index in [4.69, 9.17) is 10.5 Å². The number of hydrogen-bond donors (Lipinski definition) is 1. The zero-order valence-electron chi connectivity index (χ0n) is 15.0. The fourth-order valence-electron chi connectivity index (χ4n) is 4.59. The molecule has 0 aromatic heterocycles. The maximum absolute atomic E-state index is 13.1. The molecular weight excluding hydrogens is 290 g/mol. The summed E-state index contributed by atoms with van der Waals surface area (Å²) in [6, 6.07) is 0.536. The van der Waals surface area contributed by atoms with E-state index in [0.29, 0.717) is 19.1 Å². The van der Waals surface area contributed by atoms with Crippen LogP contribution < -0.4 is 5.73 Å². The lowest BCUT2D eigenvalue weighted by Crippen LogP contribution is -2.76. The van der Waals surface area contributed by atoms with E-state index in [2.05, 4.69) is 18.7 Å². The molecular formula is C18H33N3O2. The van der Waals surface area contributed by atoms with Crippen molar-refractivity contribution in [2.24, 2.45) is 11.1 Å². The maximum atomic E-state index is 13.1. The van der Waals surface area contributed by atoms with E-state index < -0.39 is 5.54 Å². The average molecular weight is 323 g/mol. The molecule has 0 aromatic carbocycles. The van der Waals surface area contributed by atoms with E-state index in [-0.39, 0.29) is 17.4 Å². The molecule has 0 aromatic rings.